The summed E-state index contributed by atoms with van der Waals surface area (Å²) < 4.78 is 4.53. The zero-order valence-corrected chi connectivity index (χ0v) is 11.6. The van der Waals surface area contributed by atoms with E-state index in [0.717, 1.165) is 12.6 Å². The molecule has 0 fully saturated rings. The van der Waals surface area contributed by atoms with Crippen LogP contribution in [0.1, 0.15) is 34.9 Å². The van der Waals surface area contributed by atoms with Gasteiger partial charge in [-0.05, 0) is 19.5 Å². The summed E-state index contributed by atoms with van der Waals surface area (Å²) in [4.78, 5) is 24.4. The summed E-state index contributed by atoms with van der Waals surface area (Å²) >= 11 is 0. The maximum atomic E-state index is 11.8. The molecule has 0 unspecified atom stereocenters. The number of nitrogens with zero attached hydrogens (tertiary/aromatic N) is 2. The molecule has 1 amide bonds. The molecule has 7 nitrogen and oxygen atoms in total. The number of carboxylic acids is 1. The molecule has 1 aromatic rings. The van der Waals surface area contributed by atoms with Crippen LogP contribution >= 0.6 is 0 Å². The molecule has 0 aliphatic heterocycles. The van der Waals surface area contributed by atoms with E-state index in [1.165, 1.54) is 0 Å². The van der Waals surface area contributed by atoms with Gasteiger partial charge in [0.2, 0.25) is 5.76 Å². The van der Waals surface area contributed by atoms with Gasteiger partial charge in [-0.1, -0.05) is 19.0 Å². The van der Waals surface area contributed by atoms with Gasteiger partial charge in [-0.2, -0.15) is 0 Å². The van der Waals surface area contributed by atoms with Crippen LogP contribution in [-0.2, 0) is 0 Å². The van der Waals surface area contributed by atoms with Gasteiger partial charge in [-0.15, -0.1) is 0 Å². The number of carbonyl (C=O) groups excluding carboxylic acids is 1. The van der Waals surface area contributed by atoms with Crippen molar-refractivity contribution in [3.63, 3.8) is 0 Å². The molecule has 2 N–H and O–H groups in total. The highest BCUT2D eigenvalue weighted by molar-refractivity contribution is 5.94. The van der Waals surface area contributed by atoms with E-state index in [9.17, 15) is 9.59 Å². The first kappa shape index (κ1) is 15.2. The van der Waals surface area contributed by atoms with E-state index in [1.54, 1.807) is 0 Å². The Bertz CT molecular complexity index is 465. The number of carbonyl (C=O) groups is 2. The molecule has 0 aliphatic rings. The number of hydrogen-bond donors (Lipinski definition) is 2. The highest BCUT2D eigenvalue weighted by Gasteiger charge is 2.22. The second-order valence-corrected chi connectivity index (χ2v) is 5.47. The van der Waals surface area contributed by atoms with Crippen LogP contribution in [0.4, 0.5) is 0 Å². The van der Waals surface area contributed by atoms with Gasteiger partial charge in [0.1, 0.15) is 0 Å². The minimum absolute atomic E-state index is 0.0296. The predicted octanol–water partition coefficient (Wildman–Crippen LogP) is 0.690. The van der Waals surface area contributed by atoms with Gasteiger partial charge in [-0.3, -0.25) is 4.79 Å². The Morgan fingerprint density at radius 2 is 2.11 bits per heavy atom. The van der Waals surface area contributed by atoms with Crippen molar-refractivity contribution in [2.75, 3.05) is 27.2 Å². The lowest BCUT2D eigenvalue weighted by atomic mass is 9.93. The molecule has 1 aromatic heterocycles. The Morgan fingerprint density at radius 1 is 1.47 bits per heavy atom. The molecule has 1 rings (SSSR count). The van der Waals surface area contributed by atoms with Crippen molar-refractivity contribution in [3.8, 4) is 0 Å². The second-order valence-electron chi connectivity index (χ2n) is 5.47. The first-order chi connectivity index (χ1) is 8.71. The van der Waals surface area contributed by atoms with E-state index in [-0.39, 0.29) is 16.9 Å². The summed E-state index contributed by atoms with van der Waals surface area (Å²) in [5.41, 5.74) is -0.128. The topological polar surface area (TPSA) is 95.7 Å². The van der Waals surface area contributed by atoms with Gasteiger partial charge < -0.3 is 19.8 Å². The first-order valence-corrected chi connectivity index (χ1v) is 5.84. The van der Waals surface area contributed by atoms with Gasteiger partial charge in [0, 0.05) is 19.2 Å². The van der Waals surface area contributed by atoms with Gasteiger partial charge in [-0.25, -0.2) is 4.79 Å². The van der Waals surface area contributed by atoms with E-state index < -0.39 is 11.9 Å². The molecule has 7 heteroatoms. The number of nitrogens with one attached hydrogen (secondary N) is 1. The predicted molar refractivity (Wildman–Crippen MR) is 68.1 cm³/mol. The second kappa shape index (κ2) is 5.83. The molecule has 19 heavy (non-hydrogen) atoms. The zero-order chi connectivity index (χ0) is 14.6. The van der Waals surface area contributed by atoms with Gasteiger partial charge in [0.15, 0.2) is 5.69 Å². The van der Waals surface area contributed by atoms with Crippen LogP contribution < -0.4 is 5.32 Å². The van der Waals surface area contributed by atoms with E-state index in [4.69, 9.17) is 5.11 Å². The minimum atomic E-state index is -1.25. The van der Waals surface area contributed by atoms with E-state index in [1.807, 2.05) is 32.8 Å². The fourth-order valence-corrected chi connectivity index (χ4v) is 1.81. The lowest BCUT2D eigenvalue weighted by molar-refractivity contribution is 0.0651. The molecule has 0 aromatic carbocycles. The Hall–Kier alpha value is -1.89. The van der Waals surface area contributed by atoms with Gasteiger partial charge in [0.05, 0.1) is 0 Å². The highest BCUT2D eigenvalue weighted by atomic mass is 16.5. The first-order valence-electron chi connectivity index (χ1n) is 5.84. The maximum Gasteiger partial charge on any atom is 0.374 e. The van der Waals surface area contributed by atoms with Crippen molar-refractivity contribution in [2.45, 2.75) is 13.8 Å². The SMILES string of the molecule is CN(C)CC(C)(C)CNC(=O)c1cc(C(=O)O)on1. The molecule has 0 saturated heterocycles. The molecule has 0 spiro atoms. The molecule has 0 aliphatic carbocycles. The summed E-state index contributed by atoms with van der Waals surface area (Å²) in [6, 6.07) is 1.11. The van der Waals surface area contributed by atoms with Crippen LogP contribution in [0.3, 0.4) is 0 Å². The van der Waals surface area contributed by atoms with Crippen LogP contribution in [0.25, 0.3) is 0 Å². The number of aromatic nitrogens is 1. The van der Waals surface area contributed by atoms with Crippen LogP contribution in [0.5, 0.6) is 0 Å². The minimum Gasteiger partial charge on any atom is -0.475 e. The summed E-state index contributed by atoms with van der Waals surface area (Å²) in [5.74, 6) is -2.04. The van der Waals surface area contributed by atoms with E-state index in [2.05, 4.69) is 15.0 Å². The van der Waals surface area contributed by atoms with Crippen molar-refractivity contribution < 1.29 is 19.2 Å². The quantitative estimate of drug-likeness (QED) is 0.789. The molecule has 106 valence electrons. The number of amides is 1. The molecule has 0 atom stereocenters. The Morgan fingerprint density at radius 3 is 2.58 bits per heavy atom. The van der Waals surface area contributed by atoms with E-state index in [0.29, 0.717) is 6.54 Å². The van der Waals surface area contributed by atoms with Crippen molar-refractivity contribution in [3.05, 3.63) is 17.5 Å². The normalized spacial score (nSPS) is 11.6. The molecular formula is C12H19N3O4. The Balaban J connectivity index is 2.57. The monoisotopic (exact) mass is 269 g/mol. The third-order valence-corrected chi connectivity index (χ3v) is 2.43. The molecular weight excluding hydrogens is 250 g/mol. The summed E-state index contributed by atoms with van der Waals surface area (Å²) in [6.07, 6.45) is 0. The molecule has 0 saturated carbocycles. The molecule has 1 heterocycles. The van der Waals surface area contributed by atoms with Crippen LogP contribution in [0, 0.1) is 5.41 Å². The van der Waals surface area contributed by atoms with Crippen molar-refractivity contribution in [2.24, 2.45) is 5.41 Å². The fraction of sp³-hybridized carbons (Fsp3) is 0.583. The van der Waals surface area contributed by atoms with Gasteiger partial charge >= 0.3 is 5.97 Å². The largest absolute Gasteiger partial charge is 0.475 e. The molecule has 0 radical (unpaired) electrons. The lowest BCUT2D eigenvalue weighted by Gasteiger charge is -2.28. The Kier molecular flexibility index (Phi) is 4.66. The van der Waals surface area contributed by atoms with Crippen molar-refractivity contribution in [1.29, 1.82) is 0 Å². The maximum absolute atomic E-state index is 11.8. The third kappa shape index (κ3) is 4.70. The standard InChI is InChI=1S/C12H19N3O4/c1-12(2,7-15(3)4)6-13-10(16)8-5-9(11(17)18)19-14-8/h5H,6-7H2,1-4H3,(H,13,16)(H,17,18). The van der Waals surface area contributed by atoms with Crippen LogP contribution in [0.2, 0.25) is 0 Å². The average Bonchev–Trinajstić information content (AvgIpc) is 2.73. The number of aromatic carboxylic acids is 1. The number of hydrogen-bond acceptors (Lipinski definition) is 5. The number of carboxylic acid groups (broad SMARTS) is 1. The highest BCUT2D eigenvalue weighted by Crippen LogP contribution is 2.14. The van der Waals surface area contributed by atoms with E-state index >= 15 is 0 Å². The summed E-state index contributed by atoms with van der Waals surface area (Å²) in [6.45, 7) is 5.32. The van der Waals surface area contributed by atoms with Crippen LogP contribution in [-0.4, -0.2) is 54.2 Å². The zero-order valence-electron chi connectivity index (χ0n) is 11.6. The number of rotatable bonds is 6. The van der Waals surface area contributed by atoms with Crippen LogP contribution in [0.15, 0.2) is 10.6 Å². The average molecular weight is 269 g/mol. The Labute approximate surface area is 111 Å². The fourth-order valence-electron chi connectivity index (χ4n) is 1.81. The van der Waals surface area contributed by atoms with Crippen molar-refractivity contribution in [1.82, 2.24) is 15.4 Å². The molecule has 0 bridgehead atoms. The smallest absolute Gasteiger partial charge is 0.374 e. The lowest BCUT2D eigenvalue weighted by Crippen LogP contribution is -2.40. The summed E-state index contributed by atoms with van der Waals surface area (Å²) in [5, 5.41) is 14.8. The van der Waals surface area contributed by atoms with Crippen molar-refractivity contribution >= 4 is 11.9 Å². The third-order valence-electron chi connectivity index (χ3n) is 2.43. The van der Waals surface area contributed by atoms with Gasteiger partial charge in [0.25, 0.3) is 5.91 Å². The summed E-state index contributed by atoms with van der Waals surface area (Å²) in [7, 11) is 3.92.